The molecule has 4 nitrogen and oxygen atoms in total. The van der Waals surface area contributed by atoms with Gasteiger partial charge in [0, 0.05) is 13.1 Å². The van der Waals surface area contributed by atoms with E-state index in [2.05, 4.69) is 17.0 Å². The van der Waals surface area contributed by atoms with E-state index in [0.717, 1.165) is 37.9 Å². The predicted octanol–water partition coefficient (Wildman–Crippen LogP) is 2.02. The molecule has 0 aromatic heterocycles. The van der Waals surface area contributed by atoms with Crippen molar-refractivity contribution in [3.8, 4) is 0 Å². The van der Waals surface area contributed by atoms with Gasteiger partial charge in [-0.15, -0.1) is 0 Å². The zero-order chi connectivity index (χ0) is 14.4. The van der Waals surface area contributed by atoms with Crippen LogP contribution in [0.25, 0.3) is 0 Å². The van der Waals surface area contributed by atoms with Crippen LogP contribution in [-0.2, 0) is 22.3 Å². The molecule has 0 amide bonds. The summed E-state index contributed by atoms with van der Waals surface area (Å²) in [4.78, 5) is 0. The van der Waals surface area contributed by atoms with Crippen molar-refractivity contribution < 1.29 is 8.42 Å². The standard InChI is InChI=1S/C15H24N2O2S/c1-2-9-16-10-13-5-7-15(8-6-13)12-20(18,19)17-11-14-3-4-14/h5-8,14,16-17H,2-4,9-12H2,1H3. The molecular formula is C15H24N2O2S. The van der Waals surface area contributed by atoms with Crippen molar-refractivity contribution in [2.75, 3.05) is 13.1 Å². The lowest BCUT2D eigenvalue weighted by molar-refractivity contribution is 0.576. The van der Waals surface area contributed by atoms with Crippen LogP contribution in [0.2, 0.25) is 0 Å². The molecular weight excluding hydrogens is 272 g/mol. The predicted molar refractivity (Wildman–Crippen MR) is 81.8 cm³/mol. The normalized spacial score (nSPS) is 15.4. The first-order chi connectivity index (χ1) is 9.59. The van der Waals surface area contributed by atoms with Gasteiger partial charge in [-0.05, 0) is 42.9 Å². The topological polar surface area (TPSA) is 58.2 Å². The highest BCUT2D eigenvalue weighted by molar-refractivity contribution is 7.88. The van der Waals surface area contributed by atoms with Gasteiger partial charge in [-0.25, -0.2) is 13.1 Å². The van der Waals surface area contributed by atoms with Gasteiger partial charge in [-0.3, -0.25) is 0 Å². The van der Waals surface area contributed by atoms with Crippen LogP contribution in [0, 0.1) is 5.92 Å². The van der Waals surface area contributed by atoms with Gasteiger partial charge in [0.05, 0.1) is 5.75 Å². The number of rotatable bonds is 9. The van der Waals surface area contributed by atoms with Gasteiger partial charge < -0.3 is 5.32 Å². The van der Waals surface area contributed by atoms with Crippen LogP contribution in [-0.4, -0.2) is 21.5 Å². The third-order valence-electron chi connectivity index (χ3n) is 3.42. The second-order valence-electron chi connectivity index (χ2n) is 5.54. The minimum atomic E-state index is -3.19. The molecule has 0 bridgehead atoms. The van der Waals surface area contributed by atoms with E-state index in [0.29, 0.717) is 12.5 Å². The Kier molecular flexibility index (Phi) is 5.57. The van der Waals surface area contributed by atoms with Crippen molar-refractivity contribution in [2.24, 2.45) is 5.92 Å². The molecule has 5 heteroatoms. The van der Waals surface area contributed by atoms with Gasteiger partial charge in [0.1, 0.15) is 0 Å². The summed E-state index contributed by atoms with van der Waals surface area (Å²) in [6, 6.07) is 7.79. The lowest BCUT2D eigenvalue weighted by Gasteiger charge is -2.07. The summed E-state index contributed by atoms with van der Waals surface area (Å²) >= 11 is 0. The van der Waals surface area contributed by atoms with Crippen LogP contribution >= 0.6 is 0 Å². The van der Waals surface area contributed by atoms with Gasteiger partial charge in [-0.1, -0.05) is 31.2 Å². The first kappa shape index (κ1) is 15.5. The minimum Gasteiger partial charge on any atom is -0.313 e. The maximum absolute atomic E-state index is 11.9. The monoisotopic (exact) mass is 296 g/mol. The van der Waals surface area contributed by atoms with Crippen molar-refractivity contribution >= 4 is 10.0 Å². The molecule has 112 valence electrons. The summed E-state index contributed by atoms with van der Waals surface area (Å²) in [5.41, 5.74) is 2.03. The van der Waals surface area contributed by atoms with Crippen LogP contribution in [0.15, 0.2) is 24.3 Å². The van der Waals surface area contributed by atoms with Gasteiger partial charge in [0.15, 0.2) is 0 Å². The maximum atomic E-state index is 11.9. The third-order valence-corrected chi connectivity index (χ3v) is 4.74. The molecule has 0 aliphatic heterocycles. The van der Waals surface area contributed by atoms with Crippen LogP contribution in [0.5, 0.6) is 0 Å². The second kappa shape index (κ2) is 7.20. The molecule has 1 aromatic rings. The smallest absolute Gasteiger partial charge is 0.215 e. The van der Waals surface area contributed by atoms with Crippen molar-refractivity contribution in [3.63, 3.8) is 0 Å². The Bertz CT molecular complexity index is 507. The summed E-state index contributed by atoms with van der Waals surface area (Å²) in [5.74, 6) is 0.638. The van der Waals surface area contributed by atoms with E-state index in [4.69, 9.17) is 0 Å². The lowest BCUT2D eigenvalue weighted by atomic mass is 10.1. The number of sulfonamides is 1. The molecule has 0 atom stereocenters. The Morgan fingerprint density at radius 2 is 1.80 bits per heavy atom. The number of hydrogen-bond donors (Lipinski definition) is 2. The van der Waals surface area contributed by atoms with Crippen molar-refractivity contribution in [1.29, 1.82) is 0 Å². The number of benzene rings is 1. The third kappa shape index (κ3) is 5.61. The molecule has 0 saturated heterocycles. The molecule has 0 radical (unpaired) electrons. The number of nitrogens with one attached hydrogen (secondary N) is 2. The Morgan fingerprint density at radius 3 is 2.40 bits per heavy atom. The van der Waals surface area contributed by atoms with E-state index in [1.165, 1.54) is 5.56 Å². The quantitative estimate of drug-likeness (QED) is 0.685. The highest BCUT2D eigenvalue weighted by Gasteiger charge is 2.23. The molecule has 1 saturated carbocycles. The Balaban J connectivity index is 1.82. The van der Waals surface area contributed by atoms with E-state index < -0.39 is 10.0 Å². The zero-order valence-corrected chi connectivity index (χ0v) is 12.9. The van der Waals surface area contributed by atoms with Gasteiger partial charge in [0.2, 0.25) is 10.0 Å². The molecule has 1 aromatic carbocycles. The maximum Gasteiger partial charge on any atom is 0.215 e. The van der Waals surface area contributed by atoms with Crippen molar-refractivity contribution in [3.05, 3.63) is 35.4 Å². The van der Waals surface area contributed by atoms with Crippen molar-refractivity contribution in [1.82, 2.24) is 10.0 Å². The molecule has 0 heterocycles. The van der Waals surface area contributed by atoms with Gasteiger partial charge in [-0.2, -0.15) is 0 Å². The molecule has 0 spiro atoms. The fraction of sp³-hybridized carbons (Fsp3) is 0.600. The molecule has 2 N–H and O–H groups in total. The van der Waals surface area contributed by atoms with Gasteiger partial charge in [0.25, 0.3) is 0 Å². The summed E-state index contributed by atoms with van der Waals surface area (Å²) in [6.45, 7) is 4.57. The van der Waals surface area contributed by atoms with Crippen LogP contribution in [0.1, 0.15) is 37.3 Å². The first-order valence-corrected chi connectivity index (χ1v) is 9.00. The average Bonchev–Trinajstić information content (AvgIpc) is 3.23. The summed E-state index contributed by atoms with van der Waals surface area (Å²) < 4.78 is 26.5. The fourth-order valence-corrected chi connectivity index (χ4v) is 3.22. The van der Waals surface area contributed by atoms with Crippen LogP contribution in [0.4, 0.5) is 0 Å². The van der Waals surface area contributed by atoms with E-state index in [1.54, 1.807) is 0 Å². The summed E-state index contributed by atoms with van der Waals surface area (Å²) in [7, 11) is -3.19. The molecule has 1 aliphatic rings. The Morgan fingerprint density at radius 1 is 1.15 bits per heavy atom. The van der Waals surface area contributed by atoms with Crippen molar-refractivity contribution in [2.45, 2.75) is 38.5 Å². The molecule has 1 fully saturated rings. The lowest BCUT2D eigenvalue weighted by Crippen LogP contribution is -2.27. The van der Waals surface area contributed by atoms with E-state index in [1.807, 2.05) is 24.3 Å². The van der Waals surface area contributed by atoms with E-state index in [-0.39, 0.29) is 5.75 Å². The summed E-state index contributed by atoms with van der Waals surface area (Å²) in [6.07, 6.45) is 3.42. The second-order valence-corrected chi connectivity index (χ2v) is 7.35. The minimum absolute atomic E-state index is 0.0718. The molecule has 0 unspecified atom stereocenters. The molecule has 20 heavy (non-hydrogen) atoms. The molecule has 1 aliphatic carbocycles. The zero-order valence-electron chi connectivity index (χ0n) is 12.1. The van der Waals surface area contributed by atoms with E-state index >= 15 is 0 Å². The largest absolute Gasteiger partial charge is 0.313 e. The highest BCUT2D eigenvalue weighted by atomic mass is 32.2. The van der Waals surface area contributed by atoms with Crippen LogP contribution in [0.3, 0.4) is 0 Å². The fourth-order valence-electron chi connectivity index (χ4n) is 2.00. The van der Waals surface area contributed by atoms with Gasteiger partial charge >= 0.3 is 0 Å². The average molecular weight is 296 g/mol. The Labute approximate surface area is 122 Å². The molecule has 2 rings (SSSR count). The number of hydrogen-bond acceptors (Lipinski definition) is 3. The highest BCUT2D eigenvalue weighted by Crippen LogP contribution is 2.27. The van der Waals surface area contributed by atoms with Crippen LogP contribution < -0.4 is 10.0 Å². The van der Waals surface area contributed by atoms with E-state index in [9.17, 15) is 8.42 Å². The Hall–Kier alpha value is -0.910. The SMILES string of the molecule is CCCNCc1ccc(CS(=O)(=O)NCC2CC2)cc1. The summed E-state index contributed by atoms with van der Waals surface area (Å²) in [5, 5.41) is 3.33. The first-order valence-electron chi connectivity index (χ1n) is 7.35.